The Kier molecular flexibility index (Phi) is 4.18. The van der Waals surface area contributed by atoms with Crippen molar-refractivity contribution >= 4 is 7.92 Å². The second kappa shape index (κ2) is 5.30. The van der Waals surface area contributed by atoms with Gasteiger partial charge in [-0.05, 0) is 84.3 Å². The summed E-state index contributed by atoms with van der Waals surface area (Å²) in [5, 5.41) is 0. The van der Waals surface area contributed by atoms with Gasteiger partial charge in [0.15, 0.2) is 0 Å². The molecule has 0 aromatic carbocycles. The van der Waals surface area contributed by atoms with Crippen LogP contribution >= 0.6 is 7.92 Å². The molecule has 0 N–H and O–H groups in total. The van der Waals surface area contributed by atoms with Gasteiger partial charge in [-0.1, -0.05) is 30.2 Å². The molecule has 0 atom stereocenters. The predicted octanol–water partition coefficient (Wildman–Crippen LogP) is 6.21. The highest BCUT2D eigenvalue weighted by atomic mass is 31.1. The van der Waals surface area contributed by atoms with Crippen molar-refractivity contribution in [3.05, 3.63) is 44.6 Å². The summed E-state index contributed by atoms with van der Waals surface area (Å²) in [4.78, 5) is 0. The lowest BCUT2D eigenvalue weighted by Crippen LogP contribution is -2.16. The van der Waals surface area contributed by atoms with Gasteiger partial charge in [-0.3, -0.25) is 0 Å². The minimum absolute atomic E-state index is 0.0782. The van der Waals surface area contributed by atoms with Gasteiger partial charge in [0.2, 0.25) is 0 Å². The molecular formula is C19H29P. The average molecular weight is 288 g/mol. The predicted molar refractivity (Wildman–Crippen MR) is 93.9 cm³/mol. The van der Waals surface area contributed by atoms with E-state index in [0.29, 0.717) is 11.3 Å². The quantitative estimate of drug-likeness (QED) is 0.530. The molecule has 0 nitrogen and oxygen atoms in total. The Morgan fingerprint density at radius 1 is 0.500 bits per heavy atom. The second-order valence-electron chi connectivity index (χ2n) is 6.70. The first-order valence-electron chi connectivity index (χ1n) is 7.62. The highest BCUT2D eigenvalue weighted by Gasteiger charge is 2.37. The van der Waals surface area contributed by atoms with Crippen molar-refractivity contribution in [1.29, 1.82) is 0 Å². The van der Waals surface area contributed by atoms with Crippen LogP contribution in [0.4, 0.5) is 0 Å². The lowest BCUT2D eigenvalue weighted by atomic mass is 10.1. The Morgan fingerprint density at radius 2 is 0.700 bits per heavy atom. The van der Waals surface area contributed by atoms with E-state index in [1.807, 2.05) is 0 Å². The molecule has 110 valence electrons. The van der Waals surface area contributed by atoms with Crippen molar-refractivity contribution in [2.45, 2.75) is 66.7 Å². The maximum absolute atomic E-state index is 2.52. The maximum Gasteiger partial charge on any atom is 0.0221 e. The molecule has 0 heterocycles. The molecule has 1 heteroatoms. The van der Waals surface area contributed by atoms with Gasteiger partial charge < -0.3 is 0 Å². The van der Waals surface area contributed by atoms with Gasteiger partial charge in [-0.2, -0.15) is 0 Å². The first kappa shape index (κ1) is 15.8. The van der Waals surface area contributed by atoms with Gasteiger partial charge in [0.25, 0.3) is 0 Å². The highest BCUT2D eigenvalue weighted by molar-refractivity contribution is 7.59. The number of hydrogen-bond acceptors (Lipinski definition) is 0. The third kappa shape index (κ3) is 2.08. The van der Waals surface area contributed by atoms with Crippen LogP contribution in [0, 0.1) is 0 Å². The van der Waals surface area contributed by atoms with Crippen LogP contribution in [-0.4, -0.2) is 18.0 Å². The van der Waals surface area contributed by atoms with Gasteiger partial charge in [-0.25, -0.2) is 0 Å². The summed E-state index contributed by atoms with van der Waals surface area (Å²) in [5.41, 5.74) is 14.0. The van der Waals surface area contributed by atoms with Crippen LogP contribution in [0.5, 0.6) is 0 Å². The maximum atomic E-state index is 2.52. The fourth-order valence-electron chi connectivity index (χ4n) is 4.02. The van der Waals surface area contributed by atoms with Gasteiger partial charge in [-0.15, -0.1) is 0 Å². The lowest BCUT2D eigenvalue weighted by Gasteiger charge is -2.31. The summed E-state index contributed by atoms with van der Waals surface area (Å²) in [6.07, 6.45) is 0. The standard InChI is InChI=1S/C19H29P/c1-10-11(2)15(6)18(14(10)5)20(9)19-16(7)12(3)13(4)17(19)8/h18-19H,1-9H3. The Morgan fingerprint density at radius 3 is 0.900 bits per heavy atom. The molecule has 20 heavy (non-hydrogen) atoms. The van der Waals surface area contributed by atoms with Crippen LogP contribution < -0.4 is 0 Å². The van der Waals surface area contributed by atoms with E-state index in [9.17, 15) is 0 Å². The van der Waals surface area contributed by atoms with Crippen LogP contribution in [0.3, 0.4) is 0 Å². The average Bonchev–Trinajstić information content (AvgIpc) is 2.71. The summed E-state index contributed by atoms with van der Waals surface area (Å²) in [7, 11) is -0.0782. The van der Waals surface area contributed by atoms with E-state index in [4.69, 9.17) is 0 Å². The second-order valence-corrected chi connectivity index (χ2v) is 9.07. The van der Waals surface area contributed by atoms with E-state index in [0.717, 1.165) is 0 Å². The Bertz CT molecular complexity index is 481. The summed E-state index contributed by atoms with van der Waals surface area (Å²) in [6.45, 7) is 21.1. The molecule has 0 saturated heterocycles. The summed E-state index contributed by atoms with van der Waals surface area (Å²) >= 11 is 0. The SMILES string of the molecule is CC1=C(C)C(P(C)C2C(C)=C(C)C(C)=C2C)C(C)=C1C. The molecule has 0 amide bonds. The lowest BCUT2D eigenvalue weighted by molar-refractivity contribution is 1.07. The third-order valence-electron chi connectivity index (χ3n) is 5.95. The molecule has 0 aromatic rings. The van der Waals surface area contributed by atoms with Crippen molar-refractivity contribution in [3.8, 4) is 0 Å². The fraction of sp³-hybridized carbons (Fsp3) is 0.579. The smallest absolute Gasteiger partial charge is 0.0221 e. The number of hydrogen-bond donors (Lipinski definition) is 0. The minimum Gasteiger partial charge on any atom is -0.0867 e. The fourth-order valence-corrected chi connectivity index (χ4v) is 7.54. The van der Waals surface area contributed by atoms with E-state index in [-0.39, 0.29) is 7.92 Å². The summed E-state index contributed by atoms with van der Waals surface area (Å²) in [6, 6.07) is 0. The van der Waals surface area contributed by atoms with E-state index >= 15 is 0 Å². The molecule has 0 fully saturated rings. The molecule has 0 aromatic heterocycles. The Labute approximate surface area is 126 Å². The third-order valence-corrected chi connectivity index (χ3v) is 9.12. The van der Waals surface area contributed by atoms with Crippen molar-refractivity contribution < 1.29 is 0 Å². The molecule has 0 saturated carbocycles. The number of rotatable bonds is 2. The minimum atomic E-state index is -0.0782. The largest absolute Gasteiger partial charge is 0.0867 e. The molecule has 2 aliphatic rings. The first-order valence-corrected chi connectivity index (χ1v) is 9.55. The zero-order valence-electron chi connectivity index (χ0n) is 14.6. The number of allylic oxidation sites excluding steroid dienone is 8. The molecule has 0 radical (unpaired) electrons. The van der Waals surface area contributed by atoms with Gasteiger partial charge in [0.05, 0.1) is 0 Å². The van der Waals surface area contributed by atoms with E-state index in [2.05, 4.69) is 62.1 Å². The van der Waals surface area contributed by atoms with Crippen molar-refractivity contribution in [2.24, 2.45) is 0 Å². The molecule has 0 bridgehead atoms. The Balaban J connectivity index is 2.43. The molecule has 0 aliphatic heterocycles. The van der Waals surface area contributed by atoms with Crippen LogP contribution in [0.15, 0.2) is 44.6 Å². The van der Waals surface area contributed by atoms with Crippen molar-refractivity contribution in [3.63, 3.8) is 0 Å². The molecular weight excluding hydrogens is 259 g/mol. The van der Waals surface area contributed by atoms with E-state index < -0.39 is 0 Å². The molecule has 2 rings (SSSR count). The Hall–Kier alpha value is -0.610. The molecule has 2 aliphatic carbocycles. The summed E-state index contributed by atoms with van der Waals surface area (Å²) < 4.78 is 0. The topological polar surface area (TPSA) is 0 Å². The van der Waals surface area contributed by atoms with Crippen LogP contribution in [-0.2, 0) is 0 Å². The first-order chi connectivity index (χ1) is 9.20. The molecule has 0 unspecified atom stereocenters. The van der Waals surface area contributed by atoms with Crippen molar-refractivity contribution in [1.82, 2.24) is 0 Å². The summed E-state index contributed by atoms with van der Waals surface area (Å²) in [5.74, 6) is 0. The van der Waals surface area contributed by atoms with E-state index in [1.165, 1.54) is 22.3 Å². The monoisotopic (exact) mass is 288 g/mol. The van der Waals surface area contributed by atoms with Crippen LogP contribution in [0.25, 0.3) is 0 Å². The highest BCUT2D eigenvalue weighted by Crippen LogP contribution is 2.59. The van der Waals surface area contributed by atoms with Crippen LogP contribution in [0.1, 0.15) is 55.4 Å². The zero-order valence-corrected chi connectivity index (χ0v) is 15.5. The zero-order chi connectivity index (χ0) is 15.4. The van der Waals surface area contributed by atoms with Crippen LogP contribution in [0.2, 0.25) is 0 Å². The van der Waals surface area contributed by atoms with Gasteiger partial charge in [0, 0.05) is 11.3 Å². The van der Waals surface area contributed by atoms with E-state index in [1.54, 1.807) is 22.3 Å². The van der Waals surface area contributed by atoms with Gasteiger partial charge >= 0.3 is 0 Å². The normalized spacial score (nSPS) is 22.5. The van der Waals surface area contributed by atoms with Crippen molar-refractivity contribution in [2.75, 3.05) is 6.66 Å². The molecule has 0 spiro atoms. The van der Waals surface area contributed by atoms with Gasteiger partial charge in [0.1, 0.15) is 0 Å².